The van der Waals surface area contributed by atoms with Gasteiger partial charge in [-0.1, -0.05) is 61.5 Å². The lowest BCUT2D eigenvalue weighted by molar-refractivity contribution is -0.308. The Kier molecular flexibility index (Phi) is 9.88. The molecule has 1 fully saturated rings. The van der Waals surface area contributed by atoms with Gasteiger partial charge in [0.05, 0.1) is 6.54 Å². The molecule has 0 spiro atoms. The van der Waals surface area contributed by atoms with Crippen LogP contribution >= 0.6 is 0 Å². The minimum atomic E-state index is -1.79. The normalized spacial score (nSPS) is 23.4. The summed E-state index contributed by atoms with van der Waals surface area (Å²) in [6.07, 6.45) is -7.62. The Morgan fingerprint density at radius 3 is 2.08 bits per heavy atom. The number of aliphatic carboxylic acids is 1. The van der Waals surface area contributed by atoms with E-state index in [4.69, 9.17) is 19.4 Å². The van der Waals surface area contributed by atoms with Gasteiger partial charge in [-0.25, -0.2) is 4.79 Å². The van der Waals surface area contributed by atoms with Crippen molar-refractivity contribution in [1.82, 2.24) is 5.48 Å². The van der Waals surface area contributed by atoms with Gasteiger partial charge in [-0.3, -0.25) is 4.84 Å². The minimum absolute atomic E-state index is 0.150. The Labute approximate surface area is 231 Å². The first-order chi connectivity index (χ1) is 19.3. The predicted molar refractivity (Wildman–Crippen MR) is 146 cm³/mol. The van der Waals surface area contributed by atoms with E-state index < -0.39 is 36.7 Å². The molecule has 0 radical (unpaired) electrons. The van der Waals surface area contributed by atoms with Gasteiger partial charge >= 0.3 is 5.97 Å². The van der Waals surface area contributed by atoms with E-state index in [0.717, 1.165) is 34.3 Å². The topological polar surface area (TPSA) is 158 Å². The molecule has 1 aliphatic heterocycles. The van der Waals surface area contributed by atoms with Crippen molar-refractivity contribution in [2.75, 3.05) is 13.2 Å². The molecule has 10 heteroatoms. The molecule has 0 amide bonds. The Balaban J connectivity index is 1.40. The standard InChI is InChI=1S/C30H33NO9/c1-2-23(18-6-4-3-5-7-18)24(19-8-12-21(32)13-9-19)20-10-14-22(15-11-20)38-17-16-31-40-30-27(35)25(33)26(34)28(39-30)29(36)37/h3-15,25-28,30-35H,2,16-17H2,1H3,(H,36,37)/b24-23+/t25-,26-,27+,28-,30-/m1/s1. The lowest BCUT2D eigenvalue weighted by Gasteiger charge is -2.38. The van der Waals surface area contributed by atoms with Crippen LogP contribution in [0.25, 0.3) is 11.1 Å². The zero-order chi connectivity index (χ0) is 28.6. The summed E-state index contributed by atoms with van der Waals surface area (Å²) in [5, 5.41) is 48.5. The first-order valence-electron chi connectivity index (χ1n) is 12.9. The number of phenolic OH excluding ortho intramolecular Hbond substituents is 1. The van der Waals surface area contributed by atoms with Crippen molar-refractivity contribution in [3.05, 3.63) is 95.6 Å². The quantitative estimate of drug-likeness (QED) is 0.119. The summed E-state index contributed by atoms with van der Waals surface area (Å²) in [7, 11) is 0. The highest BCUT2D eigenvalue weighted by Gasteiger charge is 2.47. The number of allylic oxidation sites excluding steroid dienone is 1. The maximum absolute atomic E-state index is 11.2. The molecule has 3 aromatic carbocycles. The molecule has 10 nitrogen and oxygen atoms in total. The number of hydrogen-bond donors (Lipinski definition) is 6. The third-order valence-electron chi connectivity index (χ3n) is 6.56. The lowest BCUT2D eigenvalue weighted by Crippen LogP contribution is -2.61. The number of aromatic hydroxyl groups is 1. The van der Waals surface area contributed by atoms with Gasteiger partial charge in [-0.05, 0) is 58.5 Å². The molecule has 0 unspecified atom stereocenters. The molecule has 3 aromatic rings. The van der Waals surface area contributed by atoms with Crippen molar-refractivity contribution in [2.45, 2.75) is 44.1 Å². The van der Waals surface area contributed by atoms with Crippen LogP contribution in [0.15, 0.2) is 78.9 Å². The molecule has 0 aliphatic carbocycles. The second kappa shape index (κ2) is 13.5. The number of aliphatic hydroxyl groups excluding tert-OH is 3. The highest BCUT2D eigenvalue weighted by molar-refractivity contribution is 5.98. The third kappa shape index (κ3) is 6.86. The van der Waals surface area contributed by atoms with Crippen molar-refractivity contribution in [3.8, 4) is 11.5 Å². The number of phenols is 1. The number of hydrogen-bond acceptors (Lipinski definition) is 9. The highest BCUT2D eigenvalue weighted by atomic mass is 16.8. The van der Waals surface area contributed by atoms with Gasteiger partial charge in [0.25, 0.3) is 0 Å². The van der Waals surface area contributed by atoms with Gasteiger partial charge < -0.3 is 35.0 Å². The SMILES string of the molecule is CC/C(=C(/c1ccc(O)cc1)c1ccc(OCCNO[C@H]2O[C@@H](C(=O)O)[C@H](O)[C@@H](O)[C@@H]2O)cc1)c1ccccc1. The molecule has 1 heterocycles. The Bertz CT molecular complexity index is 1280. The maximum Gasteiger partial charge on any atom is 0.335 e. The van der Waals surface area contributed by atoms with Gasteiger partial charge in [0.15, 0.2) is 6.10 Å². The van der Waals surface area contributed by atoms with Crippen LogP contribution in [-0.4, -0.2) is 75.4 Å². The monoisotopic (exact) mass is 551 g/mol. The van der Waals surface area contributed by atoms with E-state index in [-0.39, 0.29) is 18.9 Å². The maximum atomic E-state index is 11.2. The summed E-state index contributed by atoms with van der Waals surface area (Å²) < 4.78 is 10.8. The molecule has 0 aromatic heterocycles. The molecule has 0 bridgehead atoms. The summed E-state index contributed by atoms with van der Waals surface area (Å²) in [6.45, 7) is 2.43. The first-order valence-corrected chi connectivity index (χ1v) is 12.9. The van der Waals surface area contributed by atoms with Crippen molar-refractivity contribution in [1.29, 1.82) is 0 Å². The number of carbonyl (C=O) groups is 1. The van der Waals surface area contributed by atoms with Gasteiger partial charge in [0, 0.05) is 0 Å². The molecule has 6 N–H and O–H groups in total. The largest absolute Gasteiger partial charge is 0.508 e. The molecule has 1 aliphatic rings. The minimum Gasteiger partial charge on any atom is -0.508 e. The number of nitrogens with one attached hydrogen (secondary N) is 1. The number of hydroxylamine groups is 1. The summed E-state index contributed by atoms with van der Waals surface area (Å²) >= 11 is 0. The molecule has 0 saturated carbocycles. The molecular weight excluding hydrogens is 518 g/mol. The van der Waals surface area contributed by atoms with Crippen LogP contribution in [0.3, 0.4) is 0 Å². The van der Waals surface area contributed by atoms with E-state index >= 15 is 0 Å². The summed E-state index contributed by atoms with van der Waals surface area (Å²) in [5.41, 5.74) is 7.81. The number of rotatable bonds is 11. The molecule has 212 valence electrons. The van der Waals surface area contributed by atoms with Crippen molar-refractivity contribution in [3.63, 3.8) is 0 Å². The van der Waals surface area contributed by atoms with Crippen molar-refractivity contribution < 1.29 is 44.6 Å². The van der Waals surface area contributed by atoms with Crippen LogP contribution in [0.4, 0.5) is 0 Å². The van der Waals surface area contributed by atoms with E-state index in [0.29, 0.717) is 5.75 Å². The molecule has 5 atom stereocenters. The summed E-state index contributed by atoms with van der Waals surface area (Å²) in [5.74, 6) is -0.689. The summed E-state index contributed by atoms with van der Waals surface area (Å²) in [6, 6.07) is 24.9. The van der Waals surface area contributed by atoms with Crippen molar-refractivity contribution >= 4 is 17.1 Å². The van der Waals surface area contributed by atoms with Crippen LogP contribution in [0, 0.1) is 0 Å². The zero-order valence-corrected chi connectivity index (χ0v) is 21.9. The van der Waals surface area contributed by atoms with Gasteiger partial charge in [-0.15, -0.1) is 0 Å². The second-order valence-electron chi connectivity index (χ2n) is 9.24. The Hall–Kier alpha value is -3.77. The molecule has 4 rings (SSSR count). The van der Waals surface area contributed by atoms with Crippen LogP contribution < -0.4 is 10.2 Å². The average molecular weight is 552 g/mol. The number of carboxylic acids is 1. The molecule has 1 saturated heterocycles. The second-order valence-corrected chi connectivity index (χ2v) is 9.24. The predicted octanol–water partition coefficient (Wildman–Crippen LogP) is 2.55. The van der Waals surface area contributed by atoms with Crippen LogP contribution in [0.1, 0.15) is 30.0 Å². The Morgan fingerprint density at radius 1 is 0.850 bits per heavy atom. The Morgan fingerprint density at radius 2 is 1.48 bits per heavy atom. The number of ether oxygens (including phenoxy) is 2. The zero-order valence-electron chi connectivity index (χ0n) is 21.9. The average Bonchev–Trinajstić information content (AvgIpc) is 2.97. The van der Waals surface area contributed by atoms with Crippen molar-refractivity contribution in [2.24, 2.45) is 0 Å². The van der Waals surface area contributed by atoms with E-state index in [9.17, 15) is 25.2 Å². The fourth-order valence-electron chi connectivity index (χ4n) is 4.53. The molecular formula is C30H33NO9. The van der Waals surface area contributed by atoms with Crippen LogP contribution in [0.5, 0.6) is 11.5 Å². The van der Waals surface area contributed by atoms with Gasteiger partial charge in [0.1, 0.15) is 36.4 Å². The fourth-order valence-corrected chi connectivity index (χ4v) is 4.53. The molecule has 40 heavy (non-hydrogen) atoms. The number of benzene rings is 3. The van der Waals surface area contributed by atoms with Gasteiger partial charge in [0.2, 0.25) is 6.29 Å². The lowest BCUT2D eigenvalue weighted by atomic mass is 9.88. The van der Waals surface area contributed by atoms with E-state index in [1.165, 1.54) is 0 Å². The van der Waals surface area contributed by atoms with E-state index in [2.05, 4.69) is 24.5 Å². The summed E-state index contributed by atoms with van der Waals surface area (Å²) in [4.78, 5) is 16.4. The fraction of sp³-hybridized carbons (Fsp3) is 0.300. The number of carboxylic acid groups (broad SMARTS) is 1. The van der Waals surface area contributed by atoms with Crippen LogP contribution in [-0.2, 0) is 14.4 Å². The smallest absolute Gasteiger partial charge is 0.335 e. The van der Waals surface area contributed by atoms with E-state index in [1.54, 1.807) is 12.1 Å². The van der Waals surface area contributed by atoms with Crippen LogP contribution in [0.2, 0.25) is 0 Å². The van der Waals surface area contributed by atoms with E-state index in [1.807, 2.05) is 54.6 Å². The number of aliphatic hydroxyl groups is 3. The third-order valence-corrected chi connectivity index (χ3v) is 6.56. The highest BCUT2D eigenvalue weighted by Crippen LogP contribution is 2.35. The first kappa shape index (κ1) is 29.2. The van der Waals surface area contributed by atoms with Gasteiger partial charge in [-0.2, -0.15) is 5.48 Å².